The molecule has 19 heavy (non-hydrogen) atoms. The highest BCUT2D eigenvalue weighted by Crippen LogP contribution is 1.94. The summed E-state index contributed by atoms with van der Waals surface area (Å²) in [6.45, 7) is 5.86. The number of hydrogen-bond donors (Lipinski definition) is 4. The van der Waals surface area contributed by atoms with Gasteiger partial charge in [-0.15, -0.1) is 0 Å². The Labute approximate surface area is 111 Å². The van der Waals surface area contributed by atoms with E-state index in [4.69, 9.17) is 10.2 Å². The summed E-state index contributed by atoms with van der Waals surface area (Å²) in [5, 5.41) is 21.9. The van der Waals surface area contributed by atoms with Crippen LogP contribution in [0.15, 0.2) is 0 Å². The largest absolute Gasteiger partial charge is 0.479 e. The highest BCUT2D eigenvalue weighted by atomic mass is 16.4. The third-order valence-corrected chi connectivity index (χ3v) is 2.53. The molecule has 0 heterocycles. The van der Waals surface area contributed by atoms with E-state index in [0.29, 0.717) is 13.1 Å². The summed E-state index contributed by atoms with van der Waals surface area (Å²) in [5.74, 6) is -1.65. The van der Waals surface area contributed by atoms with E-state index in [1.165, 1.54) is 6.92 Å². The van der Waals surface area contributed by atoms with Crippen molar-refractivity contribution in [2.75, 3.05) is 19.6 Å². The predicted molar refractivity (Wildman–Crippen MR) is 67.6 cm³/mol. The highest BCUT2D eigenvalue weighted by molar-refractivity contribution is 5.86. The van der Waals surface area contributed by atoms with Gasteiger partial charge in [0.2, 0.25) is 5.91 Å². The lowest BCUT2D eigenvalue weighted by Gasteiger charge is -2.23. The number of carboxylic acids is 1. The van der Waals surface area contributed by atoms with Gasteiger partial charge >= 0.3 is 12.0 Å². The number of carboxylic acid groups (broad SMARTS) is 1. The van der Waals surface area contributed by atoms with Gasteiger partial charge in [-0.2, -0.15) is 0 Å². The normalized spacial score (nSPS) is 13.3. The number of hydrogen-bond acceptors (Lipinski definition) is 4. The highest BCUT2D eigenvalue weighted by Gasteiger charge is 2.20. The van der Waals surface area contributed by atoms with E-state index in [2.05, 4.69) is 10.6 Å². The summed E-state index contributed by atoms with van der Waals surface area (Å²) < 4.78 is 0. The van der Waals surface area contributed by atoms with Crippen LogP contribution in [-0.4, -0.2) is 64.8 Å². The number of carbonyl (C=O) groups is 3. The molecule has 3 amide bonds. The van der Waals surface area contributed by atoms with Crippen molar-refractivity contribution in [3.05, 3.63) is 0 Å². The maximum atomic E-state index is 11.8. The van der Waals surface area contributed by atoms with Gasteiger partial charge in [0.1, 0.15) is 6.04 Å². The number of aliphatic hydroxyl groups excluding tert-OH is 1. The molecule has 0 fully saturated rings. The zero-order valence-corrected chi connectivity index (χ0v) is 11.3. The maximum Gasteiger partial charge on any atom is 0.334 e. The predicted octanol–water partition coefficient (Wildman–Crippen LogP) is -1.01. The number of urea groups is 1. The Hall–Kier alpha value is -1.83. The van der Waals surface area contributed by atoms with Crippen molar-refractivity contribution in [3.63, 3.8) is 0 Å². The van der Waals surface area contributed by atoms with Crippen molar-refractivity contribution in [1.82, 2.24) is 15.5 Å². The van der Waals surface area contributed by atoms with Crippen LogP contribution in [0.1, 0.15) is 20.8 Å². The molecule has 1 unspecified atom stereocenters. The second-order valence-corrected chi connectivity index (χ2v) is 3.94. The smallest absolute Gasteiger partial charge is 0.334 e. The molecule has 0 aromatic carbocycles. The van der Waals surface area contributed by atoms with Crippen LogP contribution >= 0.6 is 0 Å². The Morgan fingerprint density at radius 3 is 2.16 bits per heavy atom. The maximum absolute atomic E-state index is 11.8. The molecule has 0 aliphatic heterocycles. The molecule has 0 aliphatic rings. The molecule has 8 nitrogen and oxygen atoms in total. The number of rotatable bonds is 7. The number of aliphatic hydroxyl groups is 1. The summed E-state index contributed by atoms with van der Waals surface area (Å²) in [7, 11) is 0. The fourth-order valence-corrected chi connectivity index (χ4v) is 1.40. The monoisotopic (exact) mass is 275 g/mol. The second-order valence-electron chi connectivity index (χ2n) is 3.94. The van der Waals surface area contributed by atoms with E-state index < -0.39 is 30.7 Å². The molecule has 0 aliphatic carbocycles. The molecule has 8 heteroatoms. The lowest BCUT2D eigenvalue weighted by Crippen LogP contribution is -2.51. The minimum absolute atomic E-state index is 0.223. The Morgan fingerprint density at radius 2 is 1.74 bits per heavy atom. The fourth-order valence-electron chi connectivity index (χ4n) is 1.40. The number of aliphatic carboxylic acids is 1. The number of nitrogens with one attached hydrogen (secondary N) is 2. The summed E-state index contributed by atoms with van der Waals surface area (Å²) in [5.41, 5.74) is 0. The number of nitrogens with zero attached hydrogens (tertiary/aromatic N) is 1. The van der Waals surface area contributed by atoms with Gasteiger partial charge in [0.05, 0.1) is 6.54 Å². The van der Waals surface area contributed by atoms with Crippen molar-refractivity contribution in [3.8, 4) is 0 Å². The lowest BCUT2D eigenvalue weighted by molar-refractivity contribution is -0.146. The molecule has 0 aromatic heterocycles. The summed E-state index contributed by atoms with van der Waals surface area (Å²) >= 11 is 0. The minimum atomic E-state index is -1.67. The first kappa shape index (κ1) is 17.2. The van der Waals surface area contributed by atoms with Crippen LogP contribution in [-0.2, 0) is 9.59 Å². The van der Waals surface area contributed by atoms with Crippen LogP contribution in [0.3, 0.4) is 0 Å². The third-order valence-electron chi connectivity index (χ3n) is 2.53. The lowest BCUT2D eigenvalue weighted by atomic mass is 10.3. The van der Waals surface area contributed by atoms with E-state index in [1.807, 2.05) is 13.8 Å². The van der Waals surface area contributed by atoms with Crippen LogP contribution in [0.25, 0.3) is 0 Å². The van der Waals surface area contributed by atoms with Crippen molar-refractivity contribution < 1.29 is 24.6 Å². The van der Waals surface area contributed by atoms with Gasteiger partial charge in [-0.25, -0.2) is 9.59 Å². The molecule has 110 valence electrons. The first-order valence-corrected chi connectivity index (χ1v) is 6.07. The van der Waals surface area contributed by atoms with E-state index in [1.54, 1.807) is 4.90 Å². The van der Waals surface area contributed by atoms with E-state index in [0.717, 1.165) is 0 Å². The average molecular weight is 275 g/mol. The molecule has 0 saturated carbocycles. The average Bonchev–Trinajstić information content (AvgIpc) is 2.36. The van der Waals surface area contributed by atoms with Crippen LogP contribution in [0, 0.1) is 0 Å². The SMILES string of the molecule is CCN(CC)C(=O)C(C)NC(=O)NC[C@H](O)C(=O)O. The van der Waals surface area contributed by atoms with E-state index >= 15 is 0 Å². The van der Waals surface area contributed by atoms with Gasteiger partial charge in [0, 0.05) is 13.1 Å². The molecule has 0 radical (unpaired) electrons. The standard InChI is InChI=1S/C11H21N3O5/c1-4-14(5-2)9(16)7(3)13-11(19)12-6-8(15)10(17)18/h7-8,15H,4-6H2,1-3H3,(H,17,18)(H2,12,13,19)/t7?,8-/m0/s1. The van der Waals surface area contributed by atoms with Gasteiger partial charge in [0.15, 0.2) is 6.10 Å². The van der Waals surface area contributed by atoms with E-state index in [-0.39, 0.29) is 5.91 Å². The molecular weight excluding hydrogens is 254 g/mol. The molecule has 4 N–H and O–H groups in total. The Bertz CT molecular complexity index is 330. The zero-order valence-electron chi connectivity index (χ0n) is 11.3. The van der Waals surface area contributed by atoms with Gasteiger partial charge in [-0.05, 0) is 20.8 Å². The Kier molecular flexibility index (Phi) is 7.50. The van der Waals surface area contributed by atoms with Crippen molar-refractivity contribution >= 4 is 17.9 Å². The molecule has 0 rings (SSSR count). The van der Waals surface area contributed by atoms with Crippen molar-refractivity contribution in [2.24, 2.45) is 0 Å². The Morgan fingerprint density at radius 1 is 1.21 bits per heavy atom. The molecule has 0 spiro atoms. The fraction of sp³-hybridized carbons (Fsp3) is 0.727. The van der Waals surface area contributed by atoms with Gasteiger partial charge in [-0.1, -0.05) is 0 Å². The van der Waals surface area contributed by atoms with Crippen LogP contribution < -0.4 is 10.6 Å². The molecule has 0 bridgehead atoms. The molecular formula is C11H21N3O5. The number of carbonyl (C=O) groups excluding carboxylic acids is 2. The van der Waals surface area contributed by atoms with Gasteiger partial charge in [0.25, 0.3) is 0 Å². The molecule has 0 saturated heterocycles. The number of likely N-dealkylation sites (N-methyl/N-ethyl adjacent to an activating group) is 1. The summed E-state index contributed by atoms with van der Waals surface area (Å²) in [4.78, 5) is 35.1. The quantitative estimate of drug-likeness (QED) is 0.474. The minimum Gasteiger partial charge on any atom is -0.479 e. The topological polar surface area (TPSA) is 119 Å². The Balaban J connectivity index is 4.18. The van der Waals surface area contributed by atoms with Crippen LogP contribution in [0.2, 0.25) is 0 Å². The van der Waals surface area contributed by atoms with Crippen molar-refractivity contribution in [2.45, 2.75) is 32.9 Å². The second kappa shape index (κ2) is 8.30. The summed E-state index contributed by atoms with van der Waals surface area (Å²) in [6, 6.07) is -1.42. The van der Waals surface area contributed by atoms with Crippen LogP contribution in [0.4, 0.5) is 4.79 Å². The number of amides is 3. The third kappa shape index (κ3) is 6.05. The first-order chi connectivity index (χ1) is 8.83. The van der Waals surface area contributed by atoms with E-state index in [9.17, 15) is 14.4 Å². The van der Waals surface area contributed by atoms with Crippen molar-refractivity contribution in [1.29, 1.82) is 0 Å². The first-order valence-electron chi connectivity index (χ1n) is 6.07. The summed E-state index contributed by atoms with van der Waals surface area (Å²) in [6.07, 6.45) is -1.67. The van der Waals surface area contributed by atoms with Crippen LogP contribution in [0.5, 0.6) is 0 Å². The molecule has 2 atom stereocenters. The zero-order chi connectivity index (χ0) is 15.0. The van der Waals surface area contributed by atoms with Gasteiger partial charge < -0.3 is 25.7 Å². The van der Waals surface area contributed by atoms with Gasteiger partial charge in [-0.3, -0.25) is 4.79 Å². The molecule has 0 aromatic rings.